The highest BCUT2D eigenvalue weighted by atomic mass is 16.8. The summed E-state index contributed by atoms with van der Waals surface area (Å²) in [5, 5.41) is 18.9. The second-order valence-corrected chi connectivity index (χ2v) is 11.5. The van der Waals surface area contributed by atoms with Crippen molar-refractivity contribution in [1.29, 1.82) is 0 Å². The molecule has 6 heterocycles. The first-order valence-electron chi connectivity index (χ1n) is 14.0. The summed E-state index contributed by atoms with van der Waals surface area (Å²) < 4.78 is 41.3. The highest BCUT2D eigenvalue weighted by Crippen LogP contribution is 2.43. The second-order valence-electron chi connectivity index (χ2n) is 11.5. The molecule has 4 N–H and O–H groups in total. The van der Waals surface area contributed by atoms with E-state index in [0.717, 1.165) is 0 Å². The summed E-state index contributed by atoms with van der Waals surface area (Å²) in [7, 11) is 1.17. The first kappa shape index (κ1) is 32.8. The van der Waals surface area contributed by atoms with Crippen LogP contribution in [0.25, 0.3) is 0 Å². The number of rotatable bonds is 6. The topological polar surface area (TPSA) is 235 Å². The van der Waals surface area contributed by atoms with E-state index in [0.29, 0.717) is 0 Å². The van der Waals surface area contributed by atoms with Crippen molar-refractivity contribution in [3.8, 4) is 0 Å². The fourth-order valence-electron chi connectivity index (χ4n) is 5.72. The van der Waals surface area contributed by atoms with E-state index in [1.807, 2.05) is 0 Å². The number of methoxy groups -OCH3 is 1. The molecule has 4 saturated heterocycles. The summed E-state index contributed by atoms with van der Waals surface area (Å²) >= 11 is 0. The lowest BCUT2D eigenvalue weighted by Gasteiger charge is -2.24. The van der Waals surface area contributed by atoms with E-state index in [4.69, 9.17) is 34.2 Å². The Kier molecular flexibility index (Phi) is 8.95. The highest BCUT2D eigenvalue weighted by Gasteiger charge is 2.57. The van der Waals surface area contributed by atoms with Gasteiger partial charge < -0.3 is 49.1 Å². The molecule has 0 unspecified atom stereocenters. The number of nitrogens with two attached hydrogens (primary N) is 1. The number of aliphatic hydroxyl groups excluding tert-OH is 2. The van der Waals surface area contributed by atoms with Crippen LogP contribution in [0.5, 0.6) is 0 Å². The summed E-state index contributed by atoms with van der Waals surface area (Å²) in [4.78, 5) is 55.1. The minimum atomic E-state index is -0.920. The lowest BCUT2D eigenvalue weighted by Crippen LogP contribution is -2.37. The van der Waals surface area contributed by atoms with Crippen LogP contribution in [-0.4, -0.2) is 110 Å². The molecule has 4 aliphatic rings. The zero-order chi connectivity index (χ0) is 32.8. The molecular formula is C27H35N5O13. The van der Waals surface area contributed by atoms with E-state index in [1.54, 1.807) is 27.7 Å². The van der Waals surface area contributed by atoms with Crippen LogP contribution in [0.2, 0.25) is 0 Å². The number of hydrogen-bond donors (Lipinski definition) is 3. The van der Waals surface area contributed by atoms with Gasteiger partial charge in [0.15, 0.2) is 29.7 Å². The molecule has 4 aliphatic heterocycles. The summed E-state index contributed by atoms with van der Waals surface area (Å²) in [6, 6.07) is 0. The van der Waals surface area contributed by atoms with Crippen LogP contribution in [0.3, 0.4) is 0 Å². The predicted molar refractivity (Wildman–Crippen MR) is 146 cm³/mol. The molecule has 18 nitrogen and oxygen atoms in total. The molecule has 45 heavy (non-hydrogen) atoms. The Balaban J connectivity index is 0.000000178. The van der Waals surface area contributed by atoms with Gasteiger partial charge in [0.1, 0.15) is 36.6 Å². The number of amides is 1. The first-order chi connectivity index (χ1) is 21.2. The molecule has 0 aliphatic carbocycles. The Labute approximate surface area is 255 Å². The van der Waals surface area contributed by atoms with Gasteiger partial charge in [-0.1, -0.05) is 0 Å². The van der Waals surface area contributed by atoms with Gasteiger partial charge in [-0.3, -0.25) is 23.5 Å². The maximum absolute atomic E-state index is 12.5. The minimum absolute atomic E-state index is 0.277. The van der Waals surface area contributed by atoms with E-state index < -0.39 is 83.6 Å². The van der Waals surface area contributed by atoms with Crippen molar-refractivity contribution in [2.75, 3.05) is 20.3 Å². The zero-order valence-electron chi connectivity index (χ0n) is 25.1. The van der Waals surface area contributed by atoms with Gasteiger partial charge in [-0.05, 0) is 27.7 Å². The summed E-state index contributed by atoms with van der Waals surface area (Å²) in [6.07, 6.45) is 0.226. The van der Waals surface area contributed by atoms with Crippen molar-refractivity contribution in [3.05, 3.63) is 56.9 Å². The molecule has 0 aromatic carbocycles. The van der Waals surface area contributed by atoms with Crippen molar-refractivity contribution in [3.63, 3.8) is 0 Å². The van der Waals surface area contributed by atoms with Crippen molar-refractivity contribution < 1.29 is 53.0 Å². The van der Waals surface area contributed by atoms with Crippen molar-refractivity contribution in [1.82, 2.24) is 19.1 Å². The third-order valence-corrected chi connectivity index (χ3v) is 7.51. The quantitative estimate of drug-likeness (QED) is 0.296. The largest absolute Gasteiger partial charge is 0.464 e. The molecule has 0 saturated carbocycles. The number of nitrogens with zero attached hydrogens (tertiary/aromatic N) is 4. The predicted octanol–water partition coefficient (Wildman–Crippen LogP) is -1.81. The number of carbonyl (C=O) groups is 2. The lowest BCUT2D eigenvalue weighted by atomic mass is 10.1. The first-order valence-corrected chi connectivity index (χ1v) is 14.0. The maximum Gasteiger partial charge on any atom is 0.362 e. The molecule has 2 aromatic rings. The molecule has 0 spiro atoms. The molecule has 18 heteroatoms. The van der Waals surface area contributed by atoms with Crippen LogP contribution in [-0.2, 0) is 33.2 Å². The van der Waals surface area contributed by atoms with Gasteiger partial charge in [0.2, 0.25) is 5.69 Å². The number of hydrogen-bond acceptors (Lipinski definition) is 15. The van der Waals surface area contributed by atoms with Crippen molar-refractivity contribution in [2.24, 2.45) is 5.73 Å². The number of carbonyl (C=O) groups excluding carboxylic acids is 2. The van der Waals surface area contributed by atoms with Gasteiger partial charge in [0.25, 0.3) is 17.0 Å². The average molecular weight is 638 g/mol. The number of primary amides is 1. The van der Waals surface area contributed by atoms with Gasteiger partial charge in [-0.25, -0.2) is 14.8 Å². The van der Waals surface area contributed by atoms with Crippen LogP contribution in [0.1, 0.15) is 61.1 Å². The van der Waals surface area contributed by atoms with Crippen LogP contribution < -0.4 is 16.9 Å². The van der Waals surface area contributed by atoms with E-state index in [-0.39, 0.29) is 24.6 Å². The molecule has 4 fully saturated rings. The minimum Gasteiger partial charge on any atom is -0.464 e. The molecule has 1 amide bonds. The monoisotopic (exact) mass is 637 g/mol. The van der Waals surface area contributed by atoms with Crippen LogP contribution in [0.15, 0.2) is 34.4 Å². The molecule has 246 valence electrons. The van der Waals surface area contributed by atoms with E-state index in [2.05, 4.69) is 14.7 Å². The molecule has 6 rings (SSSR count). The van der Waals surface area contributed by atoms with Gasteiger partial charge >= 0.3 is 5.97 Å². The highest BCUT2D eigenvalue weighted by molar-refractivity contribution is 5.90. The molecule has 8 atom stereocenters. The second kappa shape index (κ2) is 12.3. The standard InChI is InChI=1S/C14H18N2O7.C13H17N3O6/c1-14(2)22-9-7(6-17)21-12(10(9)23-14)16-5-4-15-8(11(16)18)13(19)20-3;1-13(2)21-8-6(5-17)20-12(9(8)22-13)16-4-3-15-7(10(14)18)11(16)19/h4-5,7,9-10,12,17H,6H2,1-3H3;3-4,6,8-9,12,17H,5H2,1-2H3,(H2,14,18)/t7-,9-,10-,12-;6-,8-,9-,12-/m11/s1. The van der Waals surface area contributed by atoms with Gasteiger partial charge in [-0.2, -0.15) is 0 Å². The van der Waals surface area contributed by atoms with Crippen LogP contribution in [0.4, 0.5) is 0 Å². The van der Waals surface area contributed by atoms with Crippen LogP contribution in [0, 0.1) is 0 Å². The third-order valence-electron chi connectivity index (χ3n) is 7.51. The number of ether oxygens (including phenoxy) is 7. The number of aliphatic hydroxyl groups is 2. The Bertz CT molecular complexity index is 1560. The molecule has 0 bridgehead atoms. The Hall–Kier alpha value is -3.62. The SMILES string of the molecule is CC1(C)O[C@@H]2[C@H](O1)[C@@H](CO)O[C@H]2n1ccnc(C(N)=O)c1=O.COC(=O)c1nccn([C@@H]2O[C@H](CO)[C@H]3OC(C)(C)O[C@H]32)c1=O. The average Bonchev–Trinajstić information content (AvgIpc) is 3.68. The smallest absolute Gasteiger partial charge is 0.362 e. The summed E-state index contributed by atoms with van der Waals surface area (Å²) in [5.74, 6) is -3.46. The van der Waals surface area contributed by atoms with E-state index in [1.165, 1.54) is 41.0 Å². The van der Waals surface area contributed by atoms with E-state index in [9.17, 15) is 29.4 Å². The Morgan fingerprint density at radius 3 is 1.60 bits per heavy atom. The van der Waals surface area contributed by atoms with Crippen molar-refractivity contribution in [2.45, 2.75) is 88.3 Å². The Morgan fingerprint density at radius 1 is 0.800 bits per heavy atom. The van der Waals surface area contributed by atoms with Crippen LogP contribution >= 0.6 is 0 Å². The summed E-state index contributed by atoms with van der Waals surface area (Å²) in [6.45, 7) is 6.40. The van der Waals surface area contributed by atoms with E-state index >= 15 is 0 Å². The fraction of sp³-hybridized carbons (Fsp3) is 0.630. The normalized spacial score (nSPS) is 32.3. The number of aromatic nitrogens is 4. The lowest BCUT2D eigenvalue weighted by molar-refractivity contribution is -0.200. The van der Waals surface area contributed by atoms with Gasteiger partial charge in [0.05, 0.1) is 20.3 Å². The van der Waals surface area contributed by atoms with Gasteiger partial charge in [-0.15, -0.1) is 0 Å². The number of esters is 1. The van der Waals surface area contributed by atoms with Gasteiger partial charge in [0, 0.05) is 24.8 Å². The zero-order valence-corrected chi connectivity index (χ0v) is 25.1. The number of fused-ring (bicyclic) bond motifs is 2. The Morgan fingerprint density at radius 2 is 1.20 bits per heavy atom. The van der Waals surface area contributed by atoms with Crippen molar-refractivity contribution >= 4 is 11.9 Å². The third kappa shape index (κ3) is 6.15. The molecule has 2 aromatic heterocycles. The maximum atomic E-state index is 12.5. The molecular weight excluding hydrogens is 602 g/mol. The fourth-order valence-corrected chi connectivity index (χ4v) is 5.72. The molecule has 0 radical (unpaired) electrons. The summed E-state index contributed by atoms with van der Waals surface area (Å²) in [5.41, 5.74) is 3.07.